The third-order valence-electron chi connectivity index (χ3n) is 5.27. The molecule has 1 saturated heterocycles. The van der Waals surface area contributed by atoms with E-state index in [0.717, 1.165) is 29.7 Å². The lowest BCUT2D eigenvalue weighted by atomic mass is 10.2. The Morgan fingerprint density at radius 1 is 1.19 bits per heavy atom. The minimum absolute atomic E-state index is 0.0643. The molecule has 168 valence electrons. The molecule has 3 aromatic rings. The molecule has 1 aliphatic heterocycles. The second kappa shape index (κ2) is 9.97. The van der Waals surface area contributed by atoms with E-state index in [1.165, 1.54) is 25.6 Å². The maximum atomic E-state index is 12.9. The highest BCUT2D eigenvalue weighted by Gasteiger charge is 2.17. The summed E-state index contributed by atoms with van der Waals surface area (Å²) < 4.78 is 18.8. The van der Waals surface area contributed by atoms with Crippen molar-refractivity contribution in [1.82, 2.24) is 9.88 Å². The molecule has 2 aromatic carbocycles. The number of fused-ring (bicyclic) bond motifs is 1. The molecule has 1 atom stereocenters. The van der Waals surface area contributed by atoms with Crippen molar-refractivity contribution < 1.29 is 23.8 Å². The van der Waals surface area contributed by atoms with Crippen LogP contribution in [0.1, 0.15) is 23.2 Å². The summed E-state index contributed by atoms with van der Waals surface area (Å²) in [5.41, 5.74) is 1.22. The molecule has 0 bridgehead atoms. The molecule has 1 aliphatic rings. The van der Waals surface area contributed by atoms with E-state index in [-0.39, 0.29) is 18.6 Å². The highest BCUT2D eigenvalue weighted by Crippen LogP contribution is 2.27. The van der Waals surface area contributed by atoms with E-state index in [1.54, 1.807) is 22.8 Å². The van der Waals surface area contributed by atoms with Crippen molar-refractivity contribution in [2.24, 2.45) is 4.99 Å². The summed E-state index contributed by atoms with van der Waals surface area (Å²) in [4.78, 5) is 30.3. The summed E-state index contributed by atoms with van der Waals surface area (Å²) in [7, 11) is 3.05. The van der Waals surface area contributed by atoms with Crippen LogP contribution in [0.15, 0.2) is 47.5 Å². The first-order chi connectivity index (χ1) is 15.6. The Morgan fingerprint density at radius 2 is 2.00 bits per heavy atom. The van der Waals surface area contributed by atoms with Crippen LogP contribution in [0.5, 0.6) is 11.5 Å². The van der Waals surface area contributed by atoms with Crippen LogP contribution >= 0.6 is 11.3 Å². The molecular formula is C23H25N3O5S. The number of ether oxygens (including phenoxy) is 3. The first-order valence-corrected chi connectivity index (χ1v) is 11.2. The number of carbonyl (C=O) groups excluding carboxylic acids is 2. The fourth-order valence-corrected chi connectivity index (χ4v) is 4.64. The van der Waals surface area contributed by atoms with Crippen LogP contribution in [0.3, 0.4) is 0 Å². The number of hydrogen-bond donors (Lipinski definition) is 1. The van der Waals surface area contributed by atoms with E-state index in [9.17, 15) is 9.59 Å². The molecule has 0 spiro atoms. The van der Waals surface area contributed by atoms with Crippen LogP contribution in [0.4, 0.5) is 0 Å². The topological polar surface area (TPSA) is 91.2 Å². The summed E-state index contributed by atoms with van der Waals surface area (Å²) in [6, 6.07) is 12.6. The van der Waals surface area contributed by atoms with E-state index >= 15 is 0 Å². The van der Waals surface area contributed by atoms with Crippen LogP contribution in [0, 0.1) is 0 Å². The monoisotopic (exact) mass is 455 g/mol. The Hall–Kier alpha value is -3.17. The SMILES string of the molecule is COc1ccc(C(=O)N=c2sc3ccccc3n2CC(=O)NC[C@H]2CCCO2)cc1OC. The Morgan fingerprint density at radius 3 is 2.75 bits per heavy atom. The molecule has 0 radical (unpaired) electrons. The van der Waals surface area contributed by atoms with Crippen molar-refractivity contribution in [2.45, 2.75) is 25.5 Å². The molecule has 4 rings (SSSR count). The lowest BCUT2D eigenvalue weighted by molar-refractivity contribution is -0.122. The normalized spacial score (nSPS) is 16.3. The number of benzene rings is 2. The first-order valence-electron chi connectivity index (χ1n) is 10.4. The van der Waals surface area contributed by atoms with Gasteiger partial charge in [-0.15, -0.1) is 0 Å². The van der Waals surface area contributed by atoms with Gasteiger partial charge in [0.25, 0.3) is 5.91 Å². The summed E-state index contributed by atoms with van der Waals surface area (Å²) in [6.07, 6.45) is 2.04. The lowest BCUT2D eigenvalue weighted by Gasteiger charge is -2.11. The predicted octanol–water partition coefficient (Wildman–Crippen LogP) is 2.76. The van der Waals surface area contributed by atoms with Gasteiger partial charge in [-0.1, -0.05) is 23.5 Å². The molecule has 0 unspecified atom stereocenters. The average Bonchev–Trinajstić information content (AvgIpc) is 3.45. The zero-order chi connectivity index (χ0) is 22.5. The number of amides is 2. The number of rotatable bonds is 7. The second-order valence-corrected chi connectivity index (χ2v) is 8.37. The van der Waals surface area contributed by atoms with E-state index in [4.69, 9.17) is 14.2 Å². The predicted molar refractivity (Wildman–Crippen MR) is 121 cm³/mol. The Bertz CT molecular complexity index is 1190. The Labute approximate surface area is 189 Å². The first kappa shape index (κ1) is 22.0. The van der Waals surface area contributed by atoms with E-state index in [1.807, 2.05) is 24.3 Å². The third-order valence-corrected chi connectivity index (χ3v) is 6.33. The zero-order valence-corrected chi connectivity index (χ0v) is 18.8. The van der Waals surface area contributed by atoms with Crippen LogP contribution in [0.25, 0.3) is 10.2 Å². The van der Waals surface area contributed by atoms with Gasteiger partial charge in [-0.05, 0) is 43.2 Å². The van der Waals surface area contributed by atoms with Gasteiger partial charge in [0.1, 0.15) is 6.54 Å². The minimum Gasteiger partial charge on any atom is -0.493 e. The largest absolute Gasteiger partial charge is 0.493 e. The van der Waals surface area contributed by atoms with Gasteiger partial charge < -0.3 is 24.1 Å². The maximum absolute atomic E-state index is 12.9. The highest BCUT2D eigenvalue weighted by molar-refractivity contribution is 7.16. The van der Waals surface area contributed by atoms with Gasteiger partial charge in [0.15, 0.2) is 16.3 Å². The average molecular weight is 456 g/mol. The van der Waals surface area contributed by atoms with Crippen molar-refractivity contribution in [2.75, 3.05) is 27.4 Å². The van der Waals surface area contributed by atoms with Gasteiger partial charge in [-0.3, -0.25) is 9.59 Å². The van der Waals surface area contributed by atoms with Gasteiger partial charge in [0.2, 0.25) is 5.91 Å². The smallest absolute Gasteiger partial charge is 0.279 e. The fraction of sp³-hybridized carbons (Fsp3) is 0.348. The molecule has 1 N–H and O–H groups in total. The molecule has 0 aliphatic carbocycles. The zero-order valence-electron chi connectivity index (χ0n) is 18.0. The lowest BCUT2D eigenvalue weighted by Crippen LogP contribution is -2.35. The Balaban J connectivity index is 1.62. The molecular weight excluding hydrogens is 430 g/mol. The van der Waals surface area contributed by atoms with Crippen molar-refractivity contribution in [1.29, 1.82) is 0 Å². The molecule has 9 heteroatoms. The minimum atomic E-state index is -0.425. The standard InChI is InChI=1S/C23H25N3O5S/c1-29-18-10-9-15(12-19(18)30-2)22(28)25-23-26(17-7-3-4-8-20(17)32-23)14-21(27)24-13-16-6-5-11-31-16/h3-4,7-10,12,16H,5-6,11,13-14H2,1-2H3,(H,24,27)/t16-/m1/s1. The van der Waals surface area contributed by atoms with Crippen molar-refractivity contribution in [3.63, 3.8) is 0 Å². The summed E-state index contributed by atoms with van der Waals surface area (Å²) in [5.74, 6) is 0.408. The second-order valence-electron chi connectivity index (χ2n) is 7.36. The van der Waals surface area contributed by atoms with Crippen LogP contribution in [-0.4, -0.2) is 49.9 Å². The molecule has 8 nitrogen and oxygen atoms in total. The van der Waals surface area contributed by atoms with Gasteiger partial charge in [0.05, 0.1) is 30.5 Å². The maximum Gasteiger partial charge on any atom is 0.279 e. The number of carbonyl (C=O) groups is 2. The number of aromatic nitrogens is 1. The van der Waals surface area contributed by atoms with E-state index in [0.29, 0.717) is 28.4 Å². The van der Waals surface area contributed by atoms with Crippen LogP contribution in [-0.2, 0) is 16.1 Å². The summed E-state index contributed by atoms with van der Waals surface area (Å²) in [5, 5.41) is 2.93. The highest BCUT2D eigenvalue weighted by atomic mass is 32.1. The fourth-order valence-electron chi connectivity index (χ4n) is 3.61. The molecule has 2 amide bonds. The Kier molecular flexibility index (Phi) is 6.87. The number of hydrogen-bond acceptors (Lipinski definition) is 6. The molecule has 0 saturated carbocycles. The number of methoxy groups -OCH3 is 2. The molecule has 1 fully saturated rings. The van der Waals surface area contributed by atoms with E-state index in [2.05, 4.69) is 10.3 Å². The van der Waals surface area contributed by atoms with Gasteiger partial charge in [0, 0.05) is 18.7 Å². The van der Waals surface area contributed by atoms with Crippen LogP contribution in [0.2, 0.25) is 0 Å². The third kappa shape index (κ3) is 4.84. The summed E-state index contributed by atoms with van der Waals surface area (Å²) in [6.45, 7) is 1.29. The van der Waals surface area contributed by atoms with Gasteiger partial charge in [-0.25, -0.2) is 0 Å². The number of para-hydroxylation sites is 1. The molecule has 32 heavy (non-hydrogen) atoms. The number of nitrogens with zero attached hydrogens (tertiary/aromatic N) is 2. The molecule has 2 heterocycles. The van der Waals surface area contributed by atoms with E-state index < -0.39 is 5.91 Å². The number of nitrogens with one attached hydrogen (secondary N) is 1. The van der Waals surface area contributed by atoms with Crippen molar-refractivity contribution in [3.8, 4) is 11.5 Å². The molecule has 1 aromatic heterocycles. The summed E-state index contributed by atoms with van der Waals surface area (Å²) >= 11 is 1.36. The van der Waals surface area contributed by atoms with Crippen LogP contribution < -0.4 is 19.6 Å². The van der Waals surface area contributed by atoms with Crippen molar-refractivity contribution >= 4 is 33.4 Å². The van der Waals surface area contributed by atoms with Gasteiger partial charge >= 0.3 is 0 Å². The number of thiazole rings is 1. The van der Waals surface area contributed by atoms with Crippen molar-refractivity contribution in [3.05, 3.63) is 52.8 Å². The quantitative estimate of drug-likeness (QED) is 0.592. The van der Waals surface area contributed by atoms with Gasteiger partial charge in [-0.2, -0.15) is 4.99 Å².